The molecule has 188 valence electrons. The highest BCUT2D eigenvalue weighted by atomic mass is 19.1. The Kier molecular flexibility index (Phi) is 8.36. The van der Waals surface area contributed by atoms with Crippen LogP contribution in [0.15, 0.2) is 48.5 Å². The van der Waals surface area contributed by atoms with E-state index in [2.05, 4.69) is 24.1 Å². The predicted octanol–water partition coefficient (Wildman–Crippen LogP) is 3.80. The highest BCUT2D eigenvalue weighted by molar-refractivity contribution is 5.97. The summed E-state index contributed by atoms with van der Waals surface area (Å²) in [6.07, 6.45) is 2.43. The van der Waals surface area contributed by atoms with Gasteiger partial charge in [0.1, 0.15) is 11.6 Å². The van der Waals surface area contributed by atoms with Crippen LogP contribution in [0, 0.1) is 11.7 Å². The van der Waals surface area contributed by atoms with Gasteiger partial charge in [-0.15, -0.1) is 0 Å². The first-order chi connectivity index (χ1) is 16.9. The molecule has 0 spiro atoms. The molecule has 7 nitrogen and oxygen atoms in total. The van der Waals surface area contributed by atoms with Crippen molar-refractivity contribution in [2.24, 2.45) is 5.92 Å². The average molecular weight is 484 g/mol. The molecule has 0 aliphatic carbocycles. The number of nitrogens with one attached hydrogen (secondary N) is 1. The lowest BCUT2D eigenvalue weighted by atomic mass is 9.95. The van der Waals surface area contributed by atoms with E-state index in [0.29, 0.717) is 30.3 Å². The maximum Gasteiger partial charge on any atom is 0.262 e. The molecule has 35 heavy (non-hydrogen) atoms. The number of benzene rings is 2. The summed E-state index contributed by atoms with van der Waals surface area (Å²) in [7, 11) is 0. The van der Waals surface area contributed by atoms with Gasteiger partial charge in [-0.05, 0) is 56.9 Å². The van der Waals surface area contributed by atoms with Crippen molar-refractivity contribution in [3.05, 3.63) is 59.9 Å². The number of hydrogen-bond acceptors (Lipinski definition) is 5. The Morgan fingerprint density at radius 3 is 2.40 bits per heavy atom. The monoisotopic (exact) mass is 483 g/mol. The van der Waals surface area contributed by atoms with E-state index in [1.54, 1.807) is 36.4 Å². The van der Waals surface area contributed by atoms with Crippen molar-refractivity contribution in [3.63, 3.8) is 0 Å². The molecule has 2 atom stereocenters. The van der Waals surface area contributed by atoms with E-state index in [9.17, 15) is 14.0 Å². The molecule has 2 saturated heterocycles. The van der Waals surface area contributed by atoms with Gasteiger partial charge in [-0.25, -0.2) is 4.39 Å². The quantitative estimate of drug-likeness (QED) is 0.649. The molecule has 8 heteroatoms. The lowest BCUT2D eigenvalue weighted by Gasteiger charge is -2.39. The van der Waals surface area contributed by atoms with Crippen LogP contribution in [0.1, 0.15) is 37.0 Å². The predicted molar refractivity (Wildman–Crippen MR) is 132 cm³/mol. The van der Waals surface area contributed by atoms with Crippen molar-refractivity contribution >= 4 is 17.5 Å². The Labute approximate surface area is 206 Å². The summed E-state index contributed by atoms with van der Waals surface area (Å²) in [6.45, 7) is 8.26. The topological polar surface area (TPSA) is 71.1 Å². The molecule has 2 heterocycles. The van der Waals surface area contributed by atoms with E-state index in [0.717, 1.165) is 32.5 Å². The number of likely N-dealkylation sites (tertiary alicyclic amines) is 1. The minimum atomic E-state index is -0.516. The van der Waals surface area contributed by atoms with Gasteiger partial charge in [0.15, 0.2) is 6.61 Å². The fourth-order valence-corrected chi connectivity index (χ4v) is 4.95. The molecule has 0 radical (unpaired) electrons. The first-order valence-electron chi connectivity index (χ1n) is 12.3. The van der Waals surface area contributed by atoms with Gasteiger partial charge in [0.2, 0.25) is 0 Å². The summed E-state index contributed by atoms with van der Waals surface area (Å²) in [5, 5.41) is 2.49. The largest absolute Gasteiger partial charge is 0.483 e. The lowest BCUT2D eigenvalue weighted by Crippen LogP contribution is -2.48. The number of piperidine rings is 1. The molecule has 2 amide bonds. The number of ether oxygens (including phenoxy) is 2. The minimum absolute atomic E-state index is 0.0920. The van der Waals surface area contributed by atoms with Gasteiger partial charge in [0, 0.05) is 32.7 Å². The number of morpholine rings is 1. The third kappa shape index (κ3) is 6.80. The van der Waals surface area contributed by atoms with Crippen molar-refractivity contribution in [2.75, 3.05) is 44.6 Å². The molecule has 2 unspecified atom stereocenters. The van der Waals surface area contributed by atoms with Crippen LogP contribution >= 0.6 is 0 Å². The van der Waals surface area contributed by atoms with Gasteiger partial charge < -0.3 is 19.7 Å². The van der Waals surface area contributed by atoms with Crippen molar-refractivity contribution in [2.45, 2.75) is 38.9 Å². The molecule has 2 fully saturated rings. The maximum atomic E-state index is 13.8. The van der Waals surface area contributed by atoms with Crippen LogP contribution in [0.25, 0.3) is 0 Å². The molecular formula is C27H34FN3O4. The van der Waals surface area contributed by atoms with Gasteiger partial charge in [-0.2, -0.15) is 0 Å². The zero-order valence-electron chi connectivity index (χ0n) is 20.4. The summed E-state index contributed by atoms with van der Waals surface area (Å²) in [5.74, 6) is -0.200. The van der Waals surface area contributed by atoms with E-state index in [1.807, 2.05) is 4.90 Å². The highest BCUT2D eigenvalue weighted by Gasteiger charge is 2.29. The maximum absolute atomic E-state index is 13.8. The Morgan fingerprint density at radius 2 is 1.69 bits per heavy atom. The summed E-state index contributed by atoms with van der Waals surface area (Å²) in [5.41, 5.74) is 0.523. The summed E-state index contributed by atoms with van der Waals surface area (Å²) < 4.78 is 25.3. The summed E-state index contributed by atoms with van der Waals surface area (Å²) >= 11 is 0. The van der Waals surface area contributed by atoms with E-state index in [4.69, 9.17) is 9.47 Å². The molecule has 4 rings (SSSR count). The van der Waals surface area contributed by atoms with Crippen molar-refractivity contribution < 1.29 is 23.5 Å². The molecule has 1 N–H and O–H groups in total. The highest BCUT2D eigenvalue weighted by Crippen LogP contribution is 2.25. The Hall–Kier alpha value is -2.97. The van der Waals surface area contributed by atoms with Gasteiger partial charge in [-0.1, -0.05) is 24.3 Å². The molecular weight excluding hydrogens is 449 g/mol. The standard InChI is InChI=1S/C27H34FN3O4/c1-19-15-30(16-20(2)35-19)17-21-11-13-31(14-12-21)27(33)22-7-3-6-10-25(22)34-18-26(32)29-24-9-5-4-8-23(24)28/h3-10,19-21H,11-18H2,1-2H3,(H,29,32). The van der Waals surface area contributed by atoms with Gasteiger partial charge in [0.25, 0.3) is 11.8 Å². The minimum Gasteiger partial charge on any atom is -0.483 e. The van der Waals surface area contributed by atoms with Gasteiger partial charge >= 0.3 is 0 Å². The van der Waals surface area contributed by atoms with Crippen LogP contribution in [0.5, 0.6) is 5.75 Å². The number of carbonyl (C=O) groups is 2. The number of anilines is 1. The zero-order chi connectivity index (χ0) is 24.8. The normalized spacial score (nSPS) is 21.5. The van der Waals surface area contributed by atoms with E-state index < -0.39 is 11.7 Å². The second-order valence-corrected chi connectivity index (χ2v) is 9.52. The molecule has 2 aliphatic heterocycles. The first kappa shape index (κ1) is 25.1. The third-order valence-electron chi connectivity index (χ3n) is 6.54. The van der Waals surface area contributed by atoms with Gasteiger partial charge in [0.05, 0.1) is 23.5 Å². The van der Waals surface area contributed by atoms with Crippen molar-refractivity contribution in [3.8, 4) is 5.75 Å². The van der Waals surface area contributed by atoms with Crippen LogP contribution in [-0.2, 0) is 9.53 Å². The van der Waals surface area contributed by atoms with Crippen molar-refractivity contribution in [1.29, 1.82) is 0 Å². The van der Waals surface area contributed by atoms with Crippen LogP contribution in [-0.4, -0.2) is 73.2 Å². The van der Waals surface area contributed by atoms with Crippen LogP contribution in [0.3, 0.4) is 0 Å². The van der Waals surface area contributed by atoms with Crippen LogP contribution < -0.4 is 10.1 Å². The van der Waals surface area contributed by atoms with Crippen LogP contribution in [0.2, 0.25) is 0 Å². The molecule has 0 aromatic heterocycles. The van der Waals surface area contributed by atoms with E-state index in [1.165, 1.54) is 12.1 Å². The number of amides is 2. The van der Waals surface area contributed by atoms with Crippen LogP contribution in [0.4, 0.5) is 10.1 Å². The second kappa shape index (κ2) is 11.6. The summed E-state index contributed by atoms with van der Waals surface area (Å²) in [4.78, 5) is 29.8. The number of para-hydroxylation sites is 2. The number of hydrogen-bond donors (Lipinski definition) is 1. The second-order valence-electron chi connectivity index (χ2n) is 9.52. The fraction of sp³-hybridized carbons (Fsp3) is 0.481. The SMILES string of the molecule is CC1CN(CC2CCN(C(=O)c3ccccc3OCC(=O)Nc3ccccc3F)CC2)CC(C)O1. The molecule has 2 aromatic carbocycles. The first-order valence-corrected chi connectivity index (χ1v) is 12.3. The van der Waals surface area contributed by atoms with Crippen molar-refractivity contribution in [1.82, 2.24) is 9.80 Å². The number of rotatable bonds is 7. The zero-order valence-corrected chi connectivity index (χ0v) is 20.4. The average Bonchev–Trinajstić information content (AvgIpc) is 2.84. The Morgan fingerprint density at radius 1 is 1.03 bits per heavy atom. The van der Waals surface area contributed by atoms with E-state index >= 15 is 0 Å². The fourth-order valence-electron chi connectivity index (χ4n) is 4.95. The number of nitrogens with zero attached hydrogens (tertiary/aromatic N) is 2. The molecule has 0 bridgehead atoms. The molecule has 2 aromatic rings. The van der Waals surface area contributed by atoms with Gasteiger partial charge in [-0.3, -0.25) is 14.5 Å². The number of carbonyl (C=O) groups excluding carboxylic acids is 2. The third-order valence-corrected chi connectivity index (χ3v) is 6.54. The Bertz CT molecular complexity index is 1010. The molecule has 2 aliphatic rings. The van der Waals surface area contributed by atoms with E-state index in [-0.39, 0.29) is 30.4 Å². The summed E-state index contributed by atoms with van der Waals surface area (Å²) in [6, 6.07) is 12.9. The lowest BCUT2D eigenvalue weighted by molar-refractivity contribution is -0.118. The smallest absolute Gasteiger partial charge is 0.262 e. The number of halogens is 1. The Balaban J connectivity index is 1.29. The molecule has 0 saturated carbocycles.